The normalized spacial score (nSPS) is 20.6. The minimum Gasteiger partial charge on any atom is -0.491 e. The second kappa shape index (κ2) is 10.3. The van der Waals surface area contributed by atoms with Crippen LogP contribution in [0, 0.1) is 11.8 Å². The Kier molecular flexibility index (Phi) is 8.10. The molecule has 0 aromatic heterocycles. The average Bonchev–Trinajstić information content (AvgIpc) is 2.61. The molecule has 1 aromatic rings. The first-order valence-corrected chi connectivity index (χ1v) is 9.11. The minimum atomic E-state index is 0.552. The third kappa shape index (κ3) is 6.52. The van der Waals surface area contributed by atoms with Crippen molar-refractivity contribution >= 4 is 6.41 Å². The van der Waals surface area contributed by atoms with Gasteiger partial charge in [-0.3, -0.25) is 4.79 Å². The Bertz CT molecular complexity index is 466. The molecule has 0 spiro atoms. The molecular weight excluding hydrogens is 302 g/mol. The maximum absolute atomic E-state index is 11.4. The summed E-state index contributed by atoms with van der Waals surface area (Å²) in [7, 11) is 1.66. The molecule has 4 heteroatoms. The predicted molar refractivity (Wildman–Crippen MR) is 96.0 cm³/mol. The molecule has 1 aliphatic carbocycles. The molecule has 0 unspecified atom stereocenters. The number of methoxy groups -OCH3 is 1. The number of rotatable bonds is 10. The molecule has 2 rings (SSSR count). The fourth-order valence-electron chi connectivity index (χ4n) is 3.30. The van der Waals surface area contributed by atoms with Gasteiger partial charge in [-0.1, -0.05) is 44.7 Å². The summed E-state index contributed by atoms with van der Waals surface area (Å²) < 4.78 is 10.5. The van der Waals surface area contributed by atoms with Gasteiger partial charge in [-0.25, -0.2) is 0 Å². The van der Waals surface area contributed by atoms with Crippen molar-refractivity contribution in [3.8, 4) is 5.75 Å². The number of ether oxygens (including phenoxy) is 2. The number of hydrogen-bond donors (Lipinski definition) is 0. The van der Waals surface area contributed by atoms with Gasteiger partial charge in [0.1, 0.15) is 12.4 Å². The largest absolute Gasteiger partial charge is 0.491 e. The molecule has 1 amide bonds. The second-order valence-electron chi connectivity index (χ2n) is 6.98. The summed E-state index contributed by atoms with van der Waals surface area (Å²) in [4.78, 5) is 13.3. The van der Waals surface area contributed by atoms with E-state index >= 15 is 0 Å². The zero-order valence-electron chi connectivity index (χ0n) is 15.1. The van der Waals surface area contributed by atoms with Gasteiger partial charge in [-0.2, -0.15) is 0 Å². The maximum Gasteiger partial charge on any atom is 0.210 e. The van der Waals surface area contributed by atoms with Crippen molar-refractivity contribution in [1.82, 2.24) is 4.90 Å². The number of hydrogen-bond acceptors (Lipinski definition) is 3. The van der Waals surface area contributed by atoms with E-state index in [1.54, 1.807) is 7.11 Å². The monoisotopic (exact) mass is 333 g/mol. The topological polar surface area (TPSA) is 38.8 Å². The molecule has 1 fully saturated rings. The molecule has 0 N–H and O–H groups in total. The van der Waals surface area contributed by atoms with E-state index in [-0.39, 0.29) is 0 Å². The lowest BCUT2D eigenvalue weighted by atomic mass is 9.81. The van der Waals surface area contributed by atoms with Gasteiger partial charge in [0.25, 0.3) is 0 Å². The lowest BCUT2D eigenvalue weighted by Crippen LogP contribution is -2.25. The third-order valence-electron chi connectivity index (χ3n) is 4.97. The summed E-state index contributed by atoms with van der Waals surface area (Å²) in [5.41, 5.74) is 1.14. The third-order valence-corrected chi connectivity index (χ3v) is 4.97. The van der Waals surface area contributed by atoms with Crippen LogP contribution >= 0.6 is 0 Å². The minimum absolute atomic E-state index is 0.552. The Morgan fingerprint density at radius 3 is 2.46 bits per heavy atom. The van der Waals surface area contributed by atoms with Crippen LogP contribution in [0.4, 0.5) is 0 Å². The van der Waals surface area contributed by atoms with Crippen LogP contribution in [0.2, 0.25) is 0 Å². The lowest BCUT2D eigenvalue weighted by Gasteiger charge is -2.28. The van der Waals surface area contributed by atoms with E-state index in [0.717, 1.165) is 42.5 Å². The average molecular weight is 333 g/mol. The highest BCUT2D eigenvalue weighted by Crippen LogP contribution is 2.30. The number of nitrogens with zero attached hydrogens (tertiary/aromatic N) is 1. The molecular formula is C20H31NO3. The zero-order chi connectivity index (χ0) is 17.2. The number of carbonyl (C=O) groups is 1. The van der Waals surface area contributed by atoms with Crippen LogP contribution in [0.1, 0.15) is 44.6 Å². The van der Waals surface area contributed by atoms with Crippen molar-refractivity contribution in [3.05, 3.63) is 29.8 Å². The van der Waals surface area contributed by atoms with Crippen LogP contribution in [0.15, 0.2) is 24.3 Å². The molecule has 134 valence electrons. The van der Waals surface area contributed by atoms with Crippen molar-refractivity contribution in [2.24, 2.45) is 11.8 Å². The Morgan fingerprint density at radius 2 is 1.83 bits per heavy atom. The molecule has 1 saturated carbocycles. The molecule has 0 radical (unpaired) electrons. The van der Waals surface area contributed by atoms with E-state index in [0.29, 0.717) is 19.8 Å². The molecule has 1 aliphatic rings. The Labute approximate surface area is 146 Å². The predicted octanol–water partition coefficient (Wildman–Crippen LogP) is 3.89. The van der Waals surface area contributed by atoms with Crippen LogP contribution in [0.3, 0.4) is 0 Å². The number of benzene rings is 1. The van der Waals surface area contributed by atoms with Crippen LogP contribution < -0.4 is 4.74 Å². The van der Waals surface area contributed by atoms with Gasteiger partial charge in [0, 0.05) is 20.2 Å². The van der Waals surface area contributed by atoms with E-state index in [2.05, 4.69) is 6.92 Å². The van der Waals surface area contributed by atoms with E-state index in [1.165, 1.54) is 25.7 Å². The standard InChI is InChI=1S/C20H31NO3/c1-17-3-5-18(6-4-17)11-12-21(16-22)15-19-7-9-20(10-8-19)24-14-13-23-2/h7-10,16-18H,3-6,11-15H2,1-2H3. The summed E-state index contributed by atoms with van der Waals surface area (Å²) in [5.74, 6) is 2.51. The quantitative estimate of drug-likeness (QED) is 0.482. The highest BCUT2D eigenvalue weighted by molar-refractivity contribution is 5.47. The molecule has 1 aromatic carbocycles. The van der Waals surface area contributed by atoms with Crippen molar-refractivity contribution in [2.45, 2.75) is 45.6 Å². The summed E-state index contributed by atoms with van der Waals surface area (Å²) in [5, 5.41) is 0. The number of amides is 1. The Hall–Kier alpha value is -1.55. The highest BCUT2D eigenvalue weighted by Gasteiger charge is 2.18. The zero-order valence-corrected chi connectivity index (χ0v) is 15.1. The first-order valence-electron chi connectivity index (χ1n) is 9.11. The van der Waals surface area contributed by atoms with Crippen molar-refractivity contribution in [1.29, 1.82) is 0 Å². The van der Waals surface area contributed by atoms with Crippen LogP contribution in [0.25, 0.3) is 0 Å². The van der Waals surface area contributed by atoms with Crippen molar-refractivity contribution in [2.75, 3.05) is 26.9 Å². The first kappa shape index (κ1) is 18.8. The lowest BCUT2D eigenvalue weighted by molar-refractivity contribution is -0.118. The smallest absolute Gasteiger partial charge is 0.210 e. The van der Waals surface area contributed by atoms with Crippen molar-refractivity contribution < 1.29 is 14.3 Å². The summed E-state index contributed by atoms with van der Waals surface area (Å²) in [6.45, 7) is 5.01. The summed E-state index contributed by atoms with van der Waals surface area (Å²) in [6, 6.07) is 7.97. The van der Waals surface area contributed by atoms with Crippen LogP contribution in [0.5, 0.6) is 5.75 Å². The van der Waals surface area contributed by atoms with Gasteiger partial charge in [0.05, 0.1) is 6.61 Å². The van der Waals surface area contributed by atoms with Gasteiger partial charge in [-0.05, 0) is 36.0 Å². The molecule has 0 saturated heterocycles. The van der Waals surface area contributed by atoms with E-state index < -0.39 is 0 Å². The van der Waals surface area contributed by atoms with Crippen LogP contribution in [-0.4, -0.2) is 38.2 Å². The molecule has 0 aliphatic heterocycles. The summed E-state index contributed by atoms with van der Waals surface area (Å²) in [6.07, 6.45) is 7.44. The molecule has 0 heterocycles. The fourth-order valence-corrected chi connectivity index (χ4v) is 3.30. The molecule has 24 heavy (non-hydrogen) atoms. The first-order chi connectivity index (χ1) is 11.7. The maximum atomic E-state index is 11.4. The Morgan fingerprint density at radius 1 is 1.12 bits per heavy atom. The van der Waals surface area contributed by atoms with E-state index in [4.69, 9.17) is 9.47 Å². The fraction of sp³-hybridized carbons (Fsp3) is 0.650. The second-order valence-corrected chi connectivity index (χ2v) is 6.98. The van der Waals surface area contributed by atoms with Gasteiger partial charge >= 0.3 is 0 Å². The molecule has 4 nitrogen and oxygen atoms in total. The highest BCUT2D eigenvalue weighted by atomic mass is 16.5. The van der Waals surface area contributed by atoms with Crippen molar-refractivity contribution in [3.63, 3.8) is 0 Å². The Balaban J connectivity index is 1.74. The number of carbonyl (C=O) groups excluding carboxylic acids is 1. The van der Waals surface area contributed by atoms with E-state index in [9.17, 15) is 4.79 Å². The van der Waals surface area contributed by atoms with Gasteiger partial charge in [-0.15, -0.1) is 0 Å². The summed E-state index contributed by atoms with van der Waals surface area (Å²) >= 11 is 0. The molecule has 0 bridgehead atoms. The molecule has 0 atom stereocenters. The van der Waals surface area contributed by atoms with E-state index in [1.807, 2.05) is 29.2 Å². The van der Waals surface area contributed by atoms with Crippen LogP contribution in [-0.2, 0) is 16.1 Å². The van der Waals surface area contributed by atoms with Gasteiger partial charge < -0.3 is 14.4 Å². The van der Waals surface area contributed by atoms with Gasteiger partial charge in [0.15, 0.2) is 0 Å². The van der Waals surface area contributed by atoms with Gasteiger partial charge in [0.2, 0.25) is 6.41 Å². The SMILES string of the molecule is COCCOc1ccc(CN(C=O)CCC2CCC(C)CC2)cc1.